The Morgan fingerprint density at radius 3 is 2.47 bits per heavy atom. The molecule has 30 heavy (non-hydrogen) atoms. The Kier molecular flexibility index (Phi) is 6.58. The number of aromatic nitrogens is 2. The third-order valence-electron chi connectivity index (χ3n) is 5.57. The lowest BCUT2D eigenvalue weighted by molar-refractivity contribution is -0.118. The zero-order valence-corrected chi connectivity index (χ0v) is 17.9. The fraction of sp³-hybridized carbons (Fsp3) is 0.429. The minimum absolute atomic E-state index is 0.135. The highest BCUT2D eigenvalue weighted by Crippen LogP contribution is 2.24. The van der Waals surface area contributed by atoms with Crippen molar-refractivity contribution in [1.82, 2.24) is 14.9 Å². The van der Waals surface area contributed by atoms with E-state index in [9.17, 15) is 19.5 Å². The Balaban J connectivity index is 1.80. The molecule has 1 aliphatic rings. The number of hydrogen-bond donors (Lipinski definition) is 3. The first-order valence-corrected chi connectivity index (χ1v) is 10.2. The fourth-order valence-corrected chi connectivity index (χ4v) is 4.06. The fourth-order valence-electron chi connectivity index (χ4n) is 3.89. The maximum Gasteiger partial charge on any atom is 0.294 e. The smallest absolute Gasteiger partial charge is 0.294 e. The molecule has 2 heterocycles. The van der Waals surface area contributed by atoms with E-state index in [2.05, 4.69) is 15.6 Å². The van der Waals surface area contributed by atoms with Crippen molar-refractivity contribution >= 4 is 34.9 Å². The number of rotatable bonds is 5. The van der Waals surface area contributed by atoms with Gasteiger partial charge in [0.15, 0.2) is 0 Å². The maximum atomic E-state index is 12.9. The molecular formula is C21H25ClN4O4. The van der Waals surface area contributed by atoms with Crippen LogP contribution in [0, 0.1) is 13.8 Å². The number of pyridine rings is 1. The lowest BCUT2D eigenvalue weighted by Gasteiger charge is -2.25. The highest BCUT2D eigenvalue weighted by Gasteiger charge is 2.30. The van der Waals surface area contributed by atoms with Crippen LogP contribution in [0.2, 0.25) is 5.02 Å². The van der Waals surface area contributed by atoms with Gasteiger partial charge in [-0.1, -0.05) is 11.6 Å². The van der Waals surface area contributed by atoms with Gasteiger partial charge >= 0.3 is 0 Å². The molecule has 160 valence electrons. The maximum absolute atomic E-state index is 12.9. The topological polar surface area (TPSA) is 113 Å². The van der Waals surface area contributed by atoms with Crippen LogP contribution in [-0.2, 0) is 11.8 Å². The number of halogens is 1. The molecule has 0 unspecified atom stereocenters. The molecule has 1 saturated carbocycles. The van der Waals surface area contributed by atoms with Crippen molar-refractivity contribution in [2.24, 2.45) is 7.05 Å². The number of nitrogens with zero attached hydrogens (tertiary/aromatic N) is 2. The van der Waals surface area contributed by atoms with Gasteiger partial charge in [-0.2, -0.15) is 0 Å². The van der Waals surface area contributed by atoms with Crippen molar-refractivity contribution in [3.05, 3.63) is 46.0 Å². The van der Waals surface area contributed by atoms with Crippen molar-refractivity contribution in [3.8, 4) is 0 Å². The van der Waals surface area contributed by atoms with E-state index >= 15 is 0 Å². The molecule has 3 N–H and O–H groups in total. The quantitative estimate of drug-likeness (QED) is 0.496. The van der Waals surface area contributed by atoms with E-state index in [1.54, 1.807) is 31.5 Å². The highest BCUT2D eigenvalue weighted by atomic mass is 35.5. The first-order chi connectivity index (χ1) is 14.2. The monoisotopic (exact) mass is 432 g/mol. The second-order valence-corrected chi connectivity index (χ2v) is 8.08. The molecule has 8 nitrogen and oxygen atoms in total. The van der Waals surface area contributed by atoms with E-state index < -0.39 is 17.6 Å². The molecular weight excluding hydrogens is 408 g/mol. The Bertz CT molecular complexity index is 993. The molecule has 2 aromatic rings. The first kappa shape index (κ1) is 22.0. The molecule has 2 amide bonds. The molecule has 0 radical (unpaired) electrons. The summed E-state index contributed by atoms with van der Waals surface area (Å²) < 4.78 is 1.56. The Hall–Kier alpha value is -2.71. The summed E-state index contributed by atoms with van der Waals surface area (Å²) in [5.74, 6) is -1.80. The molecule has 0 saturated heterocycles. The summed E-state index contributed by atoms with van der Waals surface area (Å²) in [6.45, 7) is 3.37. The van der Waals surface area contributed by atoms with Gasteiger partial charge < -0.3 is 20.3 Å². The molecule has 1 aliphatic carbocycles. The third kappa shape index (κ3) is 4.55. The number of carbonyl (C=O) groups is 3. The number of Topliss-reactive ketones (excluding diaryl/α,β-unsaturated/α-hetero) is 1. The zero-order chi connectivity index (χ0) is 22.0. The Morgan fingerprint density at radius 1 is 1.17 bits per heavy atom. The van der Waals surface area contributed by atoms with Crippen LogP contribution in [-0.4, -0.2) is 44.4 Å². The predicted molar refractivity (Wildman–Crippen MR) is 113 cm³/mol. The molecule has 0 atom stereocenters. The van der Waals surface area contributed by atoms with Crippen LogP contribution in [0.5, 0.6) is 0 Å². The van der Waals surface area contributed by atoms with Crippen LogP contribution in [0.15, 0.2) is 18.5 Å². The molecule has 0 spiro atoms. The van der Waals surface area contributed by atoms with Crippen molar-refractivity contribution in [1.29, 1.82) is 0 Å². The number of nitrogens with one attached hydrogen (secondary N) is 2. The number of amides is 2. The van der Waals surface area contributed by atoms with Gasteiger partial charge in [-0.15, -0.1) is 0 Å². The number of hydrogen-bond acceptors (Lipinski definition) is 5. The van der Waals surface area contributed by atoms with E-state index in [4.69, 9.17) is 11.6 Å². The zero-order valence-electron chi connectivity index (χ0n) is 17.2. The van der Waals surface area contributed by atoms with Crippen LogP contribution in [0.25, 0.3) is 0 Å². The van der Waals surface area contributed by atoms with Gasteiger partial charge in [0, 0.05) is 25.0 Å². The number of carbonyl (C=O) groups excluding carboxylic acids is 3. The third-order valence-corrected chi connectivity index (χ3v) is 5.78. The molecule has 1 fully saturated rings. The molecule has 3 rings (SSSR count). The molecule has 0 aromatic carbocycles. The summed E-state index contributed by atoms with van der Waals surface area (Å²) in [6.07, 6.45) is 5.05. The number of aliphatic hydroxyl groups excluding tert-OH is 1. The van der Waals surface area contributed by atoms with Crippen LogP contribution in [0.1, 0.15) is 57.8 Å². The standard InChI is InChI=1S/C21H25ClN4O4/c1-11-17(20(29)25-15-8-13(22)9-23-10-15)12(2)26(3)18(11)19(28)21(30)24-14-4-6-16(27)7-5-14/h8-10,14,16,27H,4-7H2,1-3H3,(H,24,30)(H,25,29)/t14-,16+. The normalized spacial score (nSPS) is 18.7. The number of ketones is 1. The van der Waals surface area contributed by atoms with Crippen LogP contribution in [0.3, 0.4) is 0 Å². The van der Waals surface area contributed by atoms with Crippen LogP contribution >= 0.6 is 11.6 Å². The minimum atomic E-state index is -0.703. The molecule has 2 aromatic heterocycles. The summed E-state index contributed by atoms with van der Waals surface area (Å²) in [5, 5.41) is 15.5. The van der Waals surface area contributed by atoms with E-state index in [-0.39, 0.29) is 17.8 Å². The first-order valence-electron chi connectivity index (χ1n) is 9.80. The summed E-state index contributed by atoms with van der Waals surface area (Å²) in [6, 6.07) is 1.44. The van der Waals surface area contributed by atoms with Gasteiger partial charge in [-0.05, 0) is 51.2 Å². The SMILES string of the molecule is Cc1c(C(=O)Nc2cncc(Cl)c2)c(C)n(C)c1C(=O)C(=O)N[C@H]1CC[C@@H](O)CC1. The van der Waals surface area contributed by atoms with Crippen molar-refractivity contribution in [2.75, 3.05) is 5.32 Å². The van der Waals surface area contributed by atoms with Crippen molar-refractivity contribution in [2.45, 2.75) is 51.7 Å². The summed E-state index contributed by atoms with van der Waals surface area (Å²) in [5.41, 5.74) is 1.93. The average Bonchev–Trinajstić information content (AvgIpc) is 2.91. The second-order valence-electron chi connectivity index (χ2n) is 7.65. The number of anilines is 1. The second kappa shape index (κ2) is 8.97. The van der Waals surface area contributed by atoms with E-state index in [1.807, 2.05) is 0 Å². The summed E-state index contributed by atoms with van der Waals surface area (Å²) >= 11 is 5.91. The minimum Gasteiger partial charge on any atom is -0.393 e. The van der Waals surface area contributed by atoms with Gasteiger partial charge in [-0.25, -0.2) is 0 Å². The van der Waals surface area contributed by atoms with E-state index in [0.29, 0.717) is 53.2 Å². The predicted octanol–water partition coefficient (Wildman–Crippen LogP) is 2.55. The molecule has 9 heteroatoms. The van der Waals surface area contributed by atoms with Gasteiger partial charge in [0.25, 0.3) is 17.6 Å². The van der Waals surface area contributed by atoms with Gasteiger partial charge in [0.1, 0.15) is 0 Å². The van der Waals surface area contributed by atoms with Gasteiger partial charge in [0.05, 0.1) is 34.3 Å². The number of aliphatic hydroxyl groups is 1. The van der Waals surface area contributed by atoms with Crippen molar-refractivity contribution in [3.63, 3.8) is 0 Å². The van der Waals surface area contributed by atoms with E-state index in [0.717, 1.165) is 0 Å². The summed E-state index contributed by atoms with van der Waals surface area (Å²) in [4.78, 5) is 42.2. The average molecular weight is 433 g/mol. The van der Waals surface area contributed by atoms with Crippen LogP contribution < -0.4 is 10.6 Å². The lowest BCUT2D eigenvalue weighted by Crippen LogP contribution is -2.42. The van der Waals surface area contributed by atoms with E-state index in [1.165, 1.54) is 12.4 Å². The van der Waals surface area contributed by atoms with Crippen molar-refractivity contribution < 1.29 is 19.5 Å². The highest BCUT2D eigenvalue weighted by molar-refractivity contribution is 6.43. The molecule has 0 aliphatic heterocycles. The Labute approximate surface area is 179 Å². The lowest BCUT2D eigenvalue weighted by atomic mass is 9.93. The van der Waals surface area contributed by atoms with Gasteiger partial charge in [-0.3, -0.25) is 19.4 Å². The van der Waals surface area contributed by atoms with Crippen LogP contribution in [0.4, 0.5) is 5.69 Å². The summed E-state index contributed by atoms with van der Waals surface area (Å²) in [7, 11) is 1.65. The Morgan fingerprint density at radius 2 is 1.83 bits per heavy atom. The largest absolute Gasteiger partial charge is 0.393 e. The van der Waals surface area contributed by atoms with Gasteiger partial charge in [0.2, 0.25) is 0 Å². The molecule has 0 bridgehead atoms.